The predicted octanol–water partition coefficient (Wildman–Crippen LogP) is 3.04. The molecule has 1 aromatic carbocycles. The van der Waals surface area contributed by atoms with Crippen LogP contribution in [0.4, 0.5) is 0 Å². The Morgan fingerprint density at radius 1 is 1.44 bits per heavy atom. The minimum absolute atomic E-state index is 0.0863. The molecular weight excluding hydrogens is 266 g/mol. The molecule has 2 bridgehead atoms. The quantitative estimate of drug-likeness (QED) is 0.886. The van der Waals surface area contributed by atoms with E-state index in [2.05, 4.69) is 21.2 Å². The van der Waals surface area contributed by atoms with Crippen LogP contribution in [0.2, 0.25) is 0 Å². The van der Waals surface area contributed by atoms with Gasteiger partial charge in [0, 0.05) is 15.6 Å². The lowest BCUT2D eigenvalue weighted by molar-refractivity contribution is -0.0438. The molecule has 0 radical (unpaired) electrons. The van der Waals surface area contributed by atoms with E-state index in [0.717, 1.165) is 21.5 Å². The Kier molecular flexibility index (Phi) is 2.15. The molecule has 16 heavy (non-hydrogen) atoms. The number of nitrogens with one attached hydrogen (secondary N) is 1. The van der Waals surface area contributed by atoms with Crippen LogP contribution in [0.15, 0.2) is 22.7 Å². The summed E-state index contributed by atoms with van der Waals surface area (Å²) in [5.41, 5.74) is 1.99. The van der Waals surface area contributed by atoms with Gasteiger partial charge in [0.2, 0.25) is 0 Å². The van der Waals surface area contributed by atoms with Crippen molar-refractivity contribution >= 4 is 21.8 Å². The largest absolute Gasteiger partial charge is 0.347 e. The van der Waals surface area contributed by atoms with Gasteiger partial charge in [-0.15, -0.1) is 0 Å². The zero-order chi connectivity index (χ0) is 11.3. The molecule has 0 spiro atoms. The third-order valence-electron chi connectivity index (χ3n) is 3.85. The summed E-state index contributed by atoms with van der Waals surface area (Å²) in [6, 6.07) is 5.79. The molecule has 84 valence electrons. The summed E-state index contributed by atoms with van der Waals surface area (Å²) in [7, 11) is 0. The summed E-state index contributed by atoms with van der Waals surface area (Å²) in [6.07, 6.45) is 3.57. The molecule has 1 N–H and O–H groups in total. The number of hydrogen-bond acceptors (Lipinski definition) is 1. The van der Waals surface area contributed by atoms with E-state index in [1.165, 1.54) is 19.3 Å². The van der Waals surface area contributed by atoms with Gasteiger partial charge in [-0.2, -0.15) is 0 Å². The molecule has 4 rings (SSSR count). The maximum Gasteiger partial charge on any atom is 0.251 e. The molecule has 3 fully saturated rings. The lowest BCUT2D eigenvalue weighted by Crippen LogP contribution is -2.68. The lowest BCUT2D eigenvalue weighted by atomic mass is 9.50. The van der Waals surface area contributed by atoms with Gasteiger partial charge in [-0.05, 0) is 55.9 Å². The molecular formula is C13H14BrNO. The second-order valence-electron chi connectivity index (χ2n) is 5.17. The minimum atomic E-state index is 0.0863. The maximum absolute atomic E-state index is 12.1. The van der Waals surface area contributed by atoms with E-state index in [1.807, 2.05) is 25.1 Å². The fourth-order valence-electron chi connectivity index (χ4n) is 2.82. The number of halogens is 1. The first-order chi connectivity index (χ1) is 7.58. The molecule has 3 aliphatic rings. The SMILES string of the molecule is Cc1cc(Br)ccc1C(=O)NC12CC(C1)C2. The number of carbonyl (C=O) groups is 1. The third kappa shape index (κ3) is 1.49. The van der Waals surface area contributed by atoms with Gasteiger partial charge in [-0.1, -0.05) is 15.9 Å². The number of carbonyl (C=O) groups excluding carboxylic acids is 1. The Bertz CT molecular complexity index is 452. The molecule has 0 aliphatic heterocycles. The second-order valence-corrected chi connectivity index (χ2v) is 6.09. The number of benzene rings is 1. The van der Waals surface area contributed by atoms with Crippen molar-refractivity contribution in [1.29, 1.82) is 0 Å². The summed E-state index contributed by atoms with van der Waals surface area (Å²) >= 11 is 3.41. The molecule has 3 saturated carbocycles. The van der Waals surface area contributed by atoms with Crippen LogP contribution in [-0.2, 0) is 0 Å². The zero-order valence-corrected chi connectivity index (χ0v) is 10.8. The monoisotopic (exact) mass is 279 g/mol. The van der Waals surface area contributed by atoms with Crippen molar-refractivity contribution in [2.45, 2.75) is 31.7 Å². The van der Waals surface area contributed by atoms with Crippen molar-refractivity contribution in [2.24, 2.45) is 5.92 Å². The van der Waals surface area contributed by atoms with Crippen LogP contribution in [0.25, 0.3) is 0 Å². The van der Waals surface area contributed by atoms with Crippen LogP contribution >= 0.6 is 15.9 Å². The summed E-state index contributed by atoms with van der Waals surface area (Å²) in [4.78, 5) is 12.1. The van der Waals surface area contributed by atoms with Crippen molar-refractivity contribution < 1.29 is 4.79 Å². The molecule has 0 saturated heterocycles. The van der Waals surface area contributed by atoms with Gasteiger partial charge in [0.25, 0.3) is 5.91 Å². The smallest absolute Gasteiger partial charge is 0.251 e. The Balaban J connectivity index is 1.78. The number of aryl methyl sites for hydroxylation is 1. The highest BCUT2D eigenvalue weighted by Crippen LogP contribution is 2.56. The van der Waals surface area contributed by atoms with E-state index >= 15 is 0 Å². The molecule has 0 unspecified atom stereocenters. The Morgan fingerprint density at radius 3 is 2.62 bits per heavy atom. The van der Waals surface area contributed by atoms with Crippen molar-refractivity contribution in [3.05, 3.63) is 33.8 Å². The second kappa shape index (κ2) is 3.33. The minimum Gasteiger partial charge on any atom is -0.347 e. The Morgan fingerprint density at radius 2 is 2.12 bits per heavy atom. The van der Waals surface area contributed by atoms with Crippen molar-refractivity contribution in [2.75, 3.05) is 0 Å². The summed E-state index contributed by atoms with van der Waals surface area (Å²) in [5, 5.41) is 3.18. The van der Waals surface area contributed by atoms with Crippen molar-refractivity contribution in [3.63, 3.8) is 0 Å². The van der Waals surface area contributed by atoms with Gasteiger partial charge in [0.05, 0.1) is 0 Å². The highest BCUT2D eigenvalue weighted by molar-refractivity contribution is 9.10. The van der Waals surface area contributed by atoms with Crippen LogP contribution in [0.1, 0.15) is 35.2 Å². The van der Waals surface area contributed by atoms with Gasteiger partial charge in [0.15, 0.2) is 0 Å². The first-order valence-electron chi connectivity index (χ1n) is 5.67. The molecule has 0 aromatic heterocycles. The van der Waals surface area contributed by atoms with Crippen molar-refractivity contribution in [3.8, 4) is 0 Å². The first-order valence-corrected chi connectivity index (χ1v) is 6.46. The van der Waals surface area contributed by atoms with Gasteiger partial charge in [-0.3, -0.25) is 4.79 Å². The maximum atomic E-state index is 12.1. The van der Waals surface area contributed by atoms with Crippen LogP contribution in [-0.4, -0.2) is 11.4 Å². The topological polar surface area (TPSA) is 29.1 Å². The van der Waals surface area contributed by atoms with Crippen LogP contribution < -0.4 is 5.32 Å². The summed E-state index contributed by atoms with van der Waals surface area (Å²) < 4.78 is 1.02. The number of rotatable bonds is 2. The van der Waals surface area contributed by atoms with E-state index < -0.39 is 0 Å². The summed E-state index contributed by atoms with van der Waals surface area (Å²) in [6.45, 7) is 1.97. The lowest BCUT2D eigenvalue weighted by Gasteiger charge is -2.61. The fraction of sp³-hybridized carbons (Fsp3) is 0.462. The molecule has 1 aromatic rings. The molecule has 1 amide bonds. The molecule has 3 heteroatoms. The van der Waals surface area contributed by atoms with E-state index in [-0.39, 0.29) is 11.4 Å². The normalized spacial score (nSPS) is 30.2. The van der Waals surface area contributed by atoms with Gasteiger partial charge in [0.1, 0.15) is 0 Å². The summed E-state index contributed by atoms with van der Waals surface area (Å²) in [5.74, 6) is 0.981. The molecule has 0 atom stereocenters. The van der Waals surface area contributed by atoms with E-state index in [4.69, 9.17) is 0 Å². The third-order valence-corrected chi connectivity index (χ3v) is 4.34. The highest BCUT2D eigenvalue weighted by Gasteiger charge is 2.57. The van der Waals surface area contributed by atoms with E-state index in [0.29, 0.717) is 0 Å². The fourth-order valence-corrected chi connectivity index (χ4v) is 3.30. The van der Waals surface area contributed by atoms with Crippen molar-refractivity contribution in [1.82, 2.24) is 5.32 Å². The number of amides is 1. The van der Waals surface area contributed by atoms with Gasteiger partial charge >= 0.3 is 0 Å². The van der Waals surface area contributed by atoms with Crippen LogP contribution in [0.5, 0.6) is 0 Å². The molecule has 0 heterocycles. The number of hydrogen-bond donors (Lipinski definition) is 1. The molecule has 3 aliphatic carbocycles. The predicted molar refractivity (Wildman–Crippen MR) is 66.4 cm³/mol. The van der Waals surface area contributed by atoms with Crippen LogP contribution in [0.3, 0.4) is 0 Å². The first kappa shape index (κ1) is 10.3. The van der Waals surface area contributed by atoms with Crippen LogP contribution in [0, 0.1) is 12.8 Å². The average Bonchev–Trinajstić information content (AvgIpc) is 2.09. The van der Waals surface area contributed by atoms with E-state index in [1.54, 1.807) is 0 Å². The Labute approximate surface area is 104 Å². The standard InChI is InChI=1S/C13H14BrNO/c1-8-4-10(14)2-3-11(8)12(16)15-13-5-9(6-13)7-13/h2-4,9H,5-7H2,1H3,(H,15,16). The zero-order valence-electron chi connectivity index (χ0n) is 9.22. The Hall–Kier alpha value is -0.830. The highest BCUT2D eigenvalue weighted by atomic mass is 79.9. The average molecular weight is 280 g/mol. The van der Waals surface area contributed by atoms with Gasteiger partial charge in [-0.25, -0.2) is 0 Å². The molecule has 2 nitrogen and oxygen atoms in total. The van der Waals surface area contributed by atoms with Gasteiger partial charge < -0.3 is 5.32 Å². The van der Waals surface area contributed by atoms with E-state index in [9.17, 15) is 4.79 Å².